The molecule has 0 saturated heterocycles. The smallest absolute Gasteiger partial charge is 0.494 e. The van der Waals surface area contributed by atoms with Crippen LogP contribution >= 0.6 is 0 Å². The van der Waals surface area contributed by atoms with Gasteiger partial charge in [-0.2, -0.15) is 0 Å². The van der Waals surface area contributed by atoms with E-state index in [1.807, 2.05) is 18.2 Å². The third-order valence-corrected chi connectivity index (χ3v) is 9.99. The van der Waals surface area contributed by atoms with Crippen LogP contribution < -0.4 is 10.5 Å². The maximum absolute atomic E-state index is 5.66. The predicted molar refractivity (Wildman–Crippen MR) is 114 cm³/mol. The minimum Gasteiger partial charge on any atom is -0.494 e. The fourth-order valence-corrected chi connectivity index (χ4v) is 5.92. The van der Waals surface area contributed by atoms with Gasteiger partial charge in [-0.05, 0) is 18.6 Å². The maximum atomic E-state index is 5.66. The molecule has 0 aliphatic rings. The number of nitrogen functional groups attached to an aromatic ring is 1. The van der Waals surface area contributed by atoms with Crippen molar-refractivity contribution >= 4 is 23.3 Å². The van der Waals surface area contributed by atoms with E-state index >= 15 is 0 Å². The number of anilines is 1. The van der Waals surface area contributed by atoms with Gasteiger partial charge in [-0.3, -0.25) is 0 Å². The van der Waals surface area contributed by atoms with Gasteiger partial charge in [0.2, 0.25) is 0 Å². The number of rotatable bonds is 13. The summed E-state index contributed by atoms with van der Waals surface area (Å²) in [6.07, 6.45) is 1.83. The third kappa shape index (κ3) is 9.48. The summed E-state index contributed by atoms with van der Waals surface area (Å²) in [7, 11) is 5.04. The average molecular weight is 436 g/mol. The quantitative estimate of drug-likeness (QED) is 0.287. The Morgan fingerprint density at radius 3 is 1.68 bits per heavy atom. The van der Waals surface area contributed by atoms with Crippen molar-refractivity contribution in [2.24, 2.45) is 0 Å². The van der Waals surface area contributed by atoms with Crippen molar-refractivity contribution < 1.29 is 31.3 Å². The molecule has 164 valence electrons. The zero-order valence-electron chi connectivity index (χ0n) is 18.3. The van der Waals surface area contributed by atoms with Crippen LogP contribution in [0.5, 0.6) is 5.75 Å². The molecule has 28 heavy (non-hydrogen) atoms. The first kappa shape index (κ1) is 27.0. The van der Waals surface area contributed by atoms with Crippen LogP contribution in [0.1, 0.15) is 19.8 Å². The fraction of sp³-hybridized carbons (Fsp3) is 0.667. The van der Waals surface area contributed by atoms with Crippen molar-refractivity contribution in [1.82, 2.24) is 0 Å². The van der Waals surface area contributed by atoms with Crippen molar-refractivity contribution in [3.05, 3.63) is 24.3 Å². The lowest BCUT2D eigenvalue weighted by molar-refractivity contribution is 0.121. The highest BCUT2D eigenvalue weighted by Crippen LogP contribution is 2.18. The maximum Gasteiger partial charge on any atom is 0.500 e. The van der Waals surface area contributed by atoms with Crippen LogP contribution in [0.4, 0.5) is 5.69 Å². The highest BCUT2D eigenvalue weighted by Gasteiger charge is 2.37. The second-order valence-corrected chi connectivity index (χ2v) is 12.0. The first-order valence-corrected chi connectivity index (χ1v) is 13.1. The second-order valence-electron chi connectivity index (χ2n) is 5.87. The molecule has 0 aromatic heterocycles. The van der Waals surface area contributed by atoms with Gasteiger partial charge in [-0.1, -0.05) is 19.4 Å². The van der Waals surface area contributed by atoms with E-state index in [4.69, 9.17) is 37.0 Å². The summed E-state index contributed by atoms with van der Waals surface area (Å²) in [6, 6.07) is 8.97. The Morgan fingerprint density at radius 1 is 0.786 bits per heavy atom. The van der Waals surface area contributed by atoms with Crippen LogP contribution in [0, 0.1) is 0 Å². The van der Waals surface area contributed by atoms with Crippen LogP contribution in [0.3, 0.4) is 0 Å². The van der Waals surface area contributed by atoms with Gasteiger partial charge in [-0.15, -0.1) is 0 Å². The Labute approximate surface area is 171 Å². The minimum atomic E-state index is -2.47. The van der Waals surface area contributed by atoms with Gasteiger partial charge in [0.25, 0.3) is 0 Å². The largest absolute Gasteiger partial charge is 0.500 e. The molecule has 0 unspecified atom stereocenters. The molecule has 0 atom stereocenters. The van der Waals surface area contributed by atoms with E-state index in [-0.39, 0.29) is 0 Å². The number of hydrogen-bond acceptors (Lipinski definition) is 8. The molecule has 1 aromatic carbocycles. The number of nitrogens with two attached hydrogens (primary N) is 1. The molecular formula is C18H37NO7Si2. The Morgan fingerprint density at radius 2 is 1.29 bits per heavy atom. The summed E-state index contributed by atoms with van der Waals surface area (Å²) in [6.45, 7) is 2.66. The molecule has 0 bridgehead atoms. The van der Waals surface area contributed by atoms with Gasteiger partial charge in [-0.25, -0.2) is 0 Å². The van der Waals surface area contributed by atoms with Crippen molar-refractivity contribution in [2.45, 2.75) is 31.9 Å². The molecule has 0 aliphatic heterocycles. The van der Waals surface area contributed by atoms with E-state index < -0.39 is 17.6 Å². The van der Waals surface area contributed by atoms with E-state index in [1.54, 1.807) is 48.7 Å². The van der Waals surface area contributed by atoms with Gasteiger partial charge in [0, 0.05) is 66.5 Å². The van der Waals surface area contributed by atoms with Crippen molar-refractivity contribution in [1.29, 1.82) is 0 Å². The second kappa shape index (κ2) is 14.9. The summed E-state index contributed by atoms with van der Waals surface area (Å²) in [5, 5.41) is 0. The molecule has 2 N–H and O–H groups in total. The van der Waals surface area contributed by atoms with Crippen LogP contribution in [0.2, 0.25) is 12.1 Å². The monoisotopic (exact) mass is 435 g/mol. The Bertz CT molecular complexity index is 498. The van der Waals surface area contributed by atoms with Gasteiger partial charge < -0.3 is 37.0 Å². The summed E-state index contributed by atoms with van der Waals surface area (Å²) in [5.41, 5.74) is 6.36. The van der Waals surface area contributed by atoms with Crippen LogP contribution in [-0.2, 0) is 26.6 Å². The Balaban J connectivity index is 0.000000621. The SMILES string of the molecule is CCC[Si](OC)(OC)OC.CO[Si](CCCOc1cccc(N)c1)(OC)OC. The zero-order valence-corrected chi connectivity index (χ0v) is 20.3. The lowest BCUT2D eigenvalue weighted by Crippen LogP contribution is -2.42. The van der Waals surface area contributed by atoms with Crippen LogP contribution in [0.15, 0.2) is 24.3 Å². The van der Waals surface area contributed by atoms with Crippen molar-refractivity contribution in [3.8, 4) is 5.75 Å². The fourth-order valence-electron chi connectivity index (χ4n) is 2.50. The molecule has 0 amide bonds. The topological polar surface area (TPSA) is 90.6 Å². The molecule has 8 nitrogen and oxygen atoms in total. The first-order chi connectivity index (χ1) is 13.4. The molecule has 0 aliphatic carbocycles. The van der Waals surface area contributed by atoms with Gasteiger partial charge in [0.15, 0.2) is 0 Å². The van der Waals surface area contributed by atoms with E-state index in [2.05, 4.69) is 6.92 Å². The molecule has 0 fully saturated rings. The predicted octanol–water partition coefficient (Wildman–Crippen LogP) is 3.19. The lowest BCUT2D eigenvalue weighted by atomic mass is 10.3. The van der Waals surface area contributed by atoms with Gasteiger partial charge in [0.05, 0.1) is 6.61 Å². The van der Waals surface area contributed by atoms with Crippen molar-refractivity contribution in [3.63, 3.8) is 0 Å². The lowest BCUT2D eigenvalue weighted by Gasteiger charge is -2.24. The molecule has 0 spiro atoms. The third-order valence-electron chi connectivity index (χ3n) is 4.18. The highest BCUT2D eigenvalue weighted by molar-refractivity contribution is 6.60. The molecule has 1 rings (SSSR count). The number of hydrogen-bond donors (Lipinski definition) is 1. The van der Waals surface area contributed by atoms with Gasteiger partial charge in [0.1, 0.15) is 5.75 Å². The molecular weight excluding hydrogens is 398 g/mol. The minimum absolute atomic E-state index is 0.578. The Hall–Kier alpha value is -0.986. The molecule has 1 aromatic rings. The normalized spacial score (nSPS) is 11.7. The molecule has 0 heterocycles. The number of benzene rings is 1. The summed E-state index contributed by atoms with van der Waals surface area (Å²) in [5.74, 6) is 0.773. The first-order valence-electron chi connectivity index (χ1n) is 9.19. The van der Waals surface area contributed by atoms with E-state index in [1.165, 1.54) is 0 Å². The Kier molecular flexibility index (Phi) is 14.4. The van der Waals surface area contributed by atoms with Crippen LogP contribution in [0.25, 0.3) is 0 Å². The molecule has 10 heteroatoms. The van der Waals surface area contributed by atoms with Crippen LogP contribution in [-0.4, -0.2) is 66.9 Å². The van der Waals surface area contributed by atoms with Crippen molar-refractivity contribution in [2.75, 3.05) is 55.0 Å². The van der Waals surface area contributed by atoms with E-state index in [0.717, 1.165) is 30.7 Å². The average Bonchev–Trinajstić information content (AvgIpc) is 2.73. The van der Waals surface area contributed by atoms with E-state index in [9.17, 15) is 0 Å². The summed E-state index contributed by atoms with van der Waals surface area (Å²) >= 11 is 0. The molecule has 0 radical (unpaired) electrons. The summed E-state index contributed by atoms with van der Waals surface area (Å²) in [4.78, 5) is 0. The van der Waals surface area contributed by atoms with E-state index in [0.29, 0.717) is 12.3 Å². The zero-order chi connectivity index (χ0) is 21.5. The summed E-state index contributed by atoms with van der Waals surface area (Å²) < 4.78 is 37.1. The standard InChI is InChI=1S/C12H21NO4Si.C6H16O3Si/c1-14-18(15-2,16-3)9-5-8-17-12-7-4-6-11(13)10-12;1-5-6-10(7-2,8-3)9-4/h4,6-7,10H,5,8-9,13H2,1-3H3;5-6H2,1-4H3. The number of ether oxygens (including phenoxy) is 1. The highest BCUT2D eigenvalue weighted by atomic mass is 28.4. The van der Waals surface area contributed by atoms with Gasteiger partial charge >= 0.3 is 17.6 Å². The molecule has 0 saturated carbocycles.